The first kappa shape index (κ1) is 26.2. The van der Waals surface area contributed by atoms with Gasteiger partial charge in [-0.25, -0.2) is 0 Å². The molecular formula is C29H36ClN5O4. The van der Waals surface area contributed by atoms with Gasteiger partial charge in [0.05, 0.1) is 30.8 Å². The predicted octanol–water partition coefficient (Wildman–Crippen LogP) is 2.74. The standard InChI is InChI=1S/C29H36ClN5O4/c1-39-24-11-18(30)10-21-20(24)12-22(33-21)27(38)35-16-28(5-3-2-4-6-28)14-23(35)26(37)32-19(15-31)9-17-13-29(7-8-29)34-25(17)36/h10-12,17,19-21,23,33H,2-9,13-14,16H2,1H3,(H,32,37)(H,34,36). The van der Waals surface area contributed by atoms with E-state index in [0.29, 0.717) is 29.5 Å². The molecule has 0 radical (unpaired) electrons. The molecule has 3 aliphatic heterocycles. The number of hydrogen-bond acceptors (Lipinski definition) is 6. The quantitative estimate of drug-likeness (QED) is 0.465. The second-order valence-corrected chi connectivity index (χ2v) is 12.8. The number of carbonyl (C=O) groups is 3. The molecule has 2 spiro atoms. The van der Waals surface area contributed by atoms with Crippen molar-refractivity contribution in [2.24, 2.45) is 17.3 Å². The summed E-state index contributed by atoms with van der Waals surface area (Å²) in [7, 11) is 1.59. The van der Waals surface area contributed by atoms with E-state index in [1.807, 2.05) is 12.2 Å². The van der Waals surface area contributed by atoms with Gasteiger partial charge in [-0.3, -0.25) is 14.4 Å². The third-order valence-electron chi connectivity index (χ3n) is 9.70. The molecule has 3 heterocycles. The Morgan fingerprint density at radius 1 is 1.23 bits per heavy atom. The number of ether oxygens (including phenoxy) is 1. The van der Waals surface area contributed by atoms with Gasteiger partial charge in [0.1, 0.15) is 17.8 Å². The number of nitrogens with one attached hydrogen (secondary N) is 3. The minimum atomic E-state index is -0.782. The maximum atomic E-state index is 13.9. The Kier molecular flexibility index (Phi) is 6.65. The lowest BCUT2D eigenvalue weighted by molar-refractivity contribution is -0.136. The van der Waals surface area contributed by atoms with Crippen LogP contribution >= 0.6 is 11.6 Å². The lowest BCUT2D eigenvalue weighted by atomic mass is 9.72. The number of hydrogen-bond donors (Lipinski definition) is 3. The van der Waals surface area contributed by atoms with Crippen LogP contribution in [0.2, 0.25) is 0 Å². The van der Waals surface area contributed by atoms with E-state index in [4.69, 9.17) is 16.3 Å². The molecule has 4 fully saturated rings. The highest BCUT2D eigenvalue weighted by molar-refractivity contribution is 6.31. The van der Waals surface area contributed by atoms with Crippen LogP contribution in [-0.4, -0.2) is 59.9 Å². The molecule has 3 N–H and O–H groups in total. The first-order valence-electron chi connectivity index (χ1n) is 14.2. The first-order chi connectivity index (χ1) is 18.7. The zero-order valence-electron chi connectivity index (χ0n) is 22.3. The van der Waals surface area contributed by atoms with Gasteiger partial charge in [0.25, 0.3) is 5.91 Å². The molecule has 39 heavy (non-hydrogen) atoms. The largest absolute Gasteiger partial charge is 0.500 e. The Bertz CT molecular complexity index is 1210. The van der Waals surface area contributed by atoms with Crippen molar-refractivity contribution in [3.05, 3.63) is 34.7 Å². The molecule has 9 nitrogen and oxygen atoms in total. The van der Waals surface area contributed by atoms with E-state index in [0.717, 1.165) is 44.9 Å². The predicted molar refractivity (Wildman–Crippen MR) is 144 cm³/mol. The van der Waals surface area contributed by atoms with Crippen molar-refractivity contribution in [2.45, 2.75) is 87.9 Å². The van der Waals surface area contributed by atoms with Crippen LogP contribution in [-0.2, 0) is 19.1 Å². The van der Waals surface area contributed by atoms with Crippen LogP contribution in [0.4, 0.5) is 0 Å². The number of nitriles is 1. The summed E-state index contributed by atoms with van der Waals surface area (Å²) in [5.74, 6) is -0.296. The number of halogens is 1. The minimum absolute atomic E-state index is 0.0276. The summed E-state index contributed by atoms with van der Waals surface area (Å²) in [5, 5.41) is 19.7. The van der Waals surface area contributed by atoms with Gasteiger partial charge in [0, 0.05) is 23.0 Å². The molecule has 3 amide bonds. The molecule has 208 valence electrons. The van der Waals surface area contributed by atoms with E-state index in [1.165, 1.54) is 6.42 Å². The Morgan fingerprint density at radius 3 is 2.67 bits per heavy atom. The highest BCUT2D eigenvalue weighted by atomic mass is 35.5. The molecule has 2 saturated heterocycles. The van der Waals surface area contributed by atoms with E-state index < -0.39 is 12.1 Å². The topological polar surface area (TPSA) is 124 Å². The van der Waals surface area contributed by atoms with Crippen molar-refractivity contribution in [1.29, 1.82) is 5.26 Å². The molecule has 3 aliphatic carbocycles. The molecule has 0 aromatic carbocycles. The molecule has 0 aromatic heterocycles. The third kappa shape index (κ3) is 4.93. The number of nitrogens with zero attached hydrogens (tertiary/aromatic N) is 2. The smallest absolute Gasteiger partial charge is 0.270 e. The maximum Gasteiger partial charge on any atom is 0.270 e. The highest BCUT2D eigenvalue weighted by Crippen LogP contribution is 2.48. The fourth-order valence-electron chi connectivity index (χ4n) is 7.45. The monoisotopic (exact) mass is 553 g/mol. The van der Waals surface area contributed by atoms with Gasteiger partial charge in [0.2, 0.25) is 11.8 Å². The van der Waals surface area contributed by atoms with Crippen LogP contribution in [0, 0.1) is 28.6 Å². The summed E-state index contributed by atoms with van der Waals surface area (Å²) < 4.78 is 5.52. The number of likely N-dealkylation sites (tertiary alicyclic amines) is 1. The van der Waals surface area contributed by atoms with Crippen molar-refractivity contribution >= 4 is 29.3 Å². The SMILES string of the molecule is COC1=CC(Cl)=CC2NC(C(=O)N3CC4(CCCCC4)CC3C(=O)NC(C#N)CC3CC4(CC4)NC3=O)=CC12. The lowest BCUT2D eigenvalue weighted by Gasteiger charge is -2.33. The zero-order chi connectivity index (χ0) is 27.4. The maximum absolute atomic E-state index is 13.9. The molecule has 5 atom stereocenters. The average Bonchev–Trinajstić information content (AvgIpc) is 3.23. The lowest BCUT2D eigenvalue weighted by Crippen LogP contribution is -2.50. The van der Waals surface area contributed by atoms with E-state index in [2.05, 4.69) is 22.0 Å². The van der Waals surface area contributed by atoms with Crippen LogP contribution in [0.3, 0.4) is 0 Å². The Balaban J connectivity index is 1.19. The summed E-state index contributed by atoms with van der Waals surface area (Å²) in [6.07, 6.45) is 14.4. The van der Waals surface area contributed by atoms with Gasteiger partial charge in [-0.15, -0.1) is 0 Å². The highest BCUT2D eigenvalue weighted by Gasteiger charge is 2.53. The van der Waals surface area contributed by atoms with Crippen molar-refractivity contribution in [3.8, 4) is 6.07 Å². The molecule has 2 saturated carbocycles. The fraction of sp³-hybridized carbons (Fsp3) is 0.655. The molecule has 6 aliphatic rings. The molecule has 0 bridgehead atoms. The Morgan fingerprint density at radius 2 is 2.00 bits per heavy atom. The van der Waals surface area contributed by atoms with Crippen LogP contribution in [0.1, 0.15) is 64.2 Å². The normalized spacial score (nSPS) is 32.3. The van der Waals surface area contributed by atoms with E-state index in [9.17, 15) is 19.6 Å². The summed E-state index contributed by atoms with van der Waals surface area (Å²) in [6.45, 7) is 0.520. The number of amides is 3. The van der Waals surface area contributed by atoms with Crippen molar-refractivity contribution in [3.63, 3.8) is 0 Å². The zero-order valence-corrected chi connectivity index (χ0v) is 23.1. The fourth-order valence-corrected chi connectivity index (χ4v) is 7.70. The molecule has 10 heteroatoms. The van der Waals surface area contributed by atoms with Crippen LogP contribution < -0.4 is 16.0 Å². The van der Waals surface area contributed by atoms with Gasteiger partial charge >= 0.3 is 0 Å². The molecule has 0 aromatic rings. The Hall–Kier alpha value is -2.99. The van der Waals surface area contributed by atoms with E-state index in [-0.39, 0.29) is 53.0 Å². The number of carbonyl (C=O) groups excluding carboxylic acids is 3. The van der Waals surface area contributed by atoms with Crippen LogP contribution in [0.5, 0.6) is 0 Å². The first-order valence-corrected chi connectivity index (χ1v) is 14.6. The van der Waals surface area contributed by atoms with Gasteiger partial charge in [-0.1, -0.05) is 30.9 Å². The minimum Gasteiger partial charge on any atom is -0.500 e. The summed E-state index contributed by atoms with van der Waals surface area (Å²) in [4.78, 5) is 41.8. The summed E-state index contributed by atoms with van der Waals surface area (Å²) >= 11 is 6.27. The van der Waals surface area contributed by atoms with Gasteiger partial charge in [-0.2, -0.15) is 5.26 Å². The van der Waals surface area contributed by atoms with E-state index in [1.54, 1.807) is 18.1 Å². The number of methoxy groups -OCH3 is 1. The molecule has 6 rings (SSSR count). The van der Waals surface area contributed by atoms with Gasteiger partial charge in [-0.05, 0) is 68.6 Å². The molecule has 5 unspecified atom stereocenters. The van der Waals surface area contributed by atoms with Crippen molar-refractivity contribution in [2.75, 3.05) is 13.7 Å². The second-order valence-electron chi connectivity index (χ2n) is 12.4. The van der Waals surface area contributed by atoms with Gasteiger partial charge < -0.3 is 25.6 Å². The number of allylic oxidation sites excluding steroid dienone is 2. The third-order valence-corrected chi connectivity index (χ3v) is 9.93. The summed E-state index contributed by atoms with van der Waals surface area (Å²) in [6, 6.07) is 0.555. The van der Waals surface area contributed by atoms with Crippen molar-refractivity contribution < 1.29 is 19.1 Å². The van der Waals surface area contributed by atoms with Crippen LogP contribution in [0.15, 0.2) is 34.7 Å². The number of fused-ring (bicyclic) bond motifs is 1. The molecular weight excluding hydrogens is 518 g/mol. The average molecular weight is 554 g/mol. The Labute approximate surface area is 234 Å². The second kappa shape index (κ2) is 9.88. The summed E-state index contributed by atoms with van der Waals surface area (Å²) in [5.41, 5.74) is 0.272. The van der Waals surface area contributed by atoms with E-state index >= 15 is 0 Å². The van der Waals surface area contributed by atoms with Gasteiger partial charge in [0.15, 0.2) is 0 Å². The van der Waals surface area contributed by atoms with Crippen molar-refractivity contribution in [1.82, 2.24) is 20.9 Å². The number of rotatable bonds is 6. The van der Waals surface area contributed by atoms with Crippen LogP contribution in [0.25, 0.3) is 0 Å².